The van der Waals surface area contributed by atoms with Gasteiger partial charge in [0, 0.05) is 30.1 Å². The number of rotatable bonds is 2. The SMILES string of the molecule is O=C(O)c1nccc2ccccc12.O=C(c1cc(Cl)nc2ccccc12)N1CCOCC1. The van der Waals surface area contributed by atoms with Gasteiger partial charge in [0.25, 0.3) is 5.91 Å². The second-order valence-electron chi connectivity index (χ2n) is 7.10. The molecule has 2 aromatic carbocycles. The summed E-state index contributed by atoms with van der Waals surface area (Å²) in [5.74, 6) is -0.999. The van der Waals surface area contributed by atoms with Crippen LogP contribution in [0.25, 0.3) is 21.7 Å². The molecule has 0 radical (unpaired) electrons. The number of carbonyl (C=O) groups excluding carboxylic acids is 1. The first-order valence-electron chi connectivity index (χ1n) is 10.0. The van der Waals surface area contributed by atoms with Crippen molar-refractivity contribution in [1.82, 2.24) is 14.9 Å². The normalized spacial score (nSPS) is 13.5. The number of nitrogens with zero attached hydrogens (tertiary/aromatic N) is 3. The van der Waals surface area contributed by atoms with Gasteiger partial charge in [-0.1, -0.05) is 54.1 Å². The van der Waals surface area contributed by atoms with E-state index in [4.69, 9.17) is 21.4 Å². The fraction of sp³-hybridized carbons (Fsp3) is 0.167. The number of carboxylic acid groups (broad SMARTS) is 1. The summed E-state index contributed by atoms with van der Waals surface area (Å²) in [6.07, 6.45) is 1.51. The third-order valence-electron chi connectivity index (χ3n) is 5.09. The van der Waals surface area contributed by atoms with Gasteiger partial charge in [0.15, 0.2) is 5.69 Å². The number of fused-ring (bicyclic) bond motifs is 2. The molecule has 8 heteroatoms. The molecule has 0 bridgehead atoms. The summed E-state index contributed by atoms with van der Waals surface area (Å²) in [7, 11) is 0. The molecule has 1 amide bonds. The molecule has 0 saturated carbocycles. The van der Waals surface area contributed by atoms with Crippen LogP contribution in [0, 0.1) is 0 Å². The van der Waals surface area contributed by atoms with Crippen molar-refractivity contribution in [2.75, 3.05) is 26.3 Å². The molecule has 32 heavy (non-hydrogen) atoms. The number of hydrogen-bond acceptors (Lipinski definition) is 5. The van der Waals surface area contributed by atoms with E-state index in [0.29, 0.717) is 42.4 Å². The van der Waals surface area contributed by atoms with E-state index in [1.807, 2.05) is 36.4 Å². The van der Waals surface area contributed by atoms with Crippen LogP contribution in [0.1, 0.15) is 20.8 Å². The molecule has 7 nitrogen and oxygen atoms in total. The molecule has 1 saturated heterocycles. The molecule has 2 aromatic heterocycles. The lowest BCUT2D eigenvalue weighted by atomic mass is 10.1. The molecule has 3 heterocycles. The Labute approximate surface area is 189 Å². The van der Waals surface area contributed by atoms with Crippen LogP contribution in [0.4, 0.5) is 0 Å². The highest BCUT2D eigenvalue weighted by atomic mass is 35.5. The Morgan fingerprint density at radius 1 is 0.969 bits per heavy atom. The fourth-order valence-corrected chi connectivity index (χ4v) is 3.75. The maximum absolute atomic E-state index is 12.5. The van der Waals surface area contributed by atoms with Crippen molar-refractivity contribution < 1.29 is 19.4 Å². The number of amides is 1. The van der Waals surface area contributed by atoms with Crippen molar-refractivity contribution in [2.45, 2.75) is 0 Å². The maximum Gasteiger partial charge on any atom is 0.355 e. The van der Waals surface area contributed by atoms with Gasteiger partial charge in [-0.15, -0.1) is 0 Å². The number of hydrogen-bond donors (Lipinski definition) is 1. The molecule has 162 valence electrons. The zero-order chi connectivity index (χ0) is 22.5. The average molecular weight is 450 g/mol. The molecule has 0 atom stereocenters. The first kappa shape index (κ1) is 21.7. The Balaban J connectivity index is 0.000000165. The lowest BCUT2D eigenvalue weighted by Gasteiger charge is -2.27. The van der Waals surface area contributed by atoms with Crippen LogP contribution in [0.3, 0.4) is 0 Å². The number of para-hydroxylation sites is 1. The molecular weight excluding hydrogens is 430 g/mol. The van der Waals surface area contributed by atoms with E-state index in [-0.39, 0.29) is 11.6 Å². The lowest BCUT2D eigenvalue weighted by Crippen LogP contribution is -2.40. The Morgan fingerprint density at radius 3 is 2.41 bits per heavy atom. The first-order chi connectivity index (χ1) is 15.5. The van der Waals surface area contributed by atoms with Crippen LogP contribution in [0.5, 0.6) is 0 Å². The summed E-state index contributed by atoms with van der Waals surface area (Å²) in [4.78, 5) is 33.1. The highest BCUT2D eigenvalue weighted by Gasteiger charge is 2.21. The van der Waals surface area contributed by atoms with Gasteiger partial charge in [-0.3, -0.25) is 4.79 Å². The maximum atomic E-state index is 12.5. The molecule has 1 fully saturated rings. The molecule has 0 unspecified atom stereocenters. The van der Waals surface area contributed by atoms with Crippen molar-refractivity contribution >= 4 is 45.2 Å². The van der Waals surface area contributed by atoms with Gasteiger partial charge in [0.05, 0.1) is 24.3 Å². The minimum absolute atomic E-state index is 0.0104. The van der Waals surface area contributed by atoms with Gasteiger partial charge in [0.2, 0.25) is 0 Å². The van der Waals surface area contributed by atoms with Crippen molar-refractivity contribution in [3.8, 4) is 0 Å². The van der Waals surface area contributed by atoms with Crippen LogP contribution in [0.15, 0.2) is 66.9 Å². The molecule has 5 rings (SSSR count). The molecule has 1 N–H and O–H groups in total. The van der Waals surface area contributed by atoms with E-state index in [1.54, 1.807) is 29.2 Å². The largest absolute Gasteiger partial charge is 0.476 e. The summed E-state index contributed by atoms with van der Waals surface area (Å²) in [6.45, 7) is 2.41. The second kappa shape index (κ2) is 9.72. The number of carbonyl (C=O) groups is 2. The van der Waals surface area contributed by atoms with Crippen molar-refractivity contribution in [1.29, 1.82) is 0 Å². The minimum Gasteiger partial charge on any atom is -0.476 e. The van der Waals surface area contributed by atoms with Crippen LogP contribution in [-0.2, 0) is 4.74 Å². The third-order valence-corrected chi connectivity index (χ3v) is 5.28. The molecule has 1 aliphatic heterocycles. The summed E-state index contributed by atoms with van der Waals surface area (Å²) in [5.41, 5.74) is 1.46. The van der Waals surface area contributed by atoms with E-state index < -0.39 is 5.97 Å². The number of halogens is 1. The van der Waals surface area contributed by atoms with Gasteiger partial charge < -0.3 is 14.7 Å². The second-order valence-corrected chi connectivity index (χ2v) is 7.49. The summed E-state index contributed by atoms with van der Waals surface area (Å²) < 4.78 is 5.26. The Morgan fingerprint density at radius 2 is 1.66 bits per heavy atom. The van der Waals surface area contributed by atoms with Crippen molar-refractivity contribution in [3.05, 3.63) is 83.3 Å². The summed E-state index contributed by atoms with van der Waals surface area (Å²) >= 11 is 6.00. The molecule has 0 spiro atoms. The van der Waals surface area contributed by atoms with E-state index >= 15 is 0 Å². The fourth-order valence-electron chi connectivity index (χ4n) is 3.55. The predicted molar refractivity (Wildman–Crippen MR) is 122 cm³/mol. The van der Waals surface area contributed by atoms with E-state index in [0.717, 1.165) is 16.3 Å². The van der Waals surface area contributed by atoms with Crippen molar-refractivity contribution in [2.24, 2.45) is 0 Å². The van der Waals surface area contributed by atoms with E-state index in [9.17, 15) is 9.59 Å². The number of pyridine rings is 2. The van der Waals surface area contributed by atoms with E-state index in [1.165, 1.54) is 6.20 Å². The Kier molecular flexibility index (Phi) is 6.58. The van der Waals surface area contributed by atoms with Crippen molar-refractivity contribution in [3.63, 3.8) is 0 Å². The van der Waals surface area contributed by atoms with Crippen LogP contribution < -0.4 is 0 Å². The highest BCUT2D eigenvalue weighted by Crippen LogP contribution is 2.22. The summed E-state index contributed by atoms with van der Waals surface area (Å²) in [5, 5.41) is 11.6. The predicted octanol–water partition coefficient (Wildman–Crippen LogP) is 4.29. The van der Waals surface area contributed by atoms with Gasteiger partial charge in [-0.2, -0.15) is 0 Å². The van der Waals surface area contributed by atoms with Gasteiger partial charge in [-0.25, -0.2) is 14.8 Å². The first-order valence-corrected chi connectivity index (χ1v) is 10.4. The molecule has 4 aromatic rings. The van der Waals surface area contributed by atoms with Crippen LogP contribution in [0.2, 0.25) is 5.15 Å². The number of ether oxygens (including phenoxy) is 1. The third kappa shape index (κ3) is 4.69. The van der Waals surface area contributed by atoms with Gasteiger partial charge >= 0.3 is 5.97 Å². The van der Waals surface area contributed by atoms with E-state index in [2.05, 4.69) is 9.97 Å². The average Bonchev–Trinajstić information content (AvgIpc) is 2.83. The van der Waals surface area contributed by atoms with Crippen LogP contribution >= 0.6 is 11.6 Å². The molecule has 1 aliphatic rings. The smallest absolute Gasteiger partial charge is 0.355 e. The number of aromatic carboxylic acids is 1. The molecule has 0 aliphatic carbocycles. The number of aromatic nitrogens is 2. The van der Waals surface area contributed by atoms with Gasteiger partial charge in [-0.05, 0) is 23.6 Å². The molecular formula is C24H20ClN3O4. The van der Waals surface area contributed by atoms with Gasteiger partial charge in [0.1, 0.15) is 5.15 Å². The van der Waals surface area contributed by atoms with Crippen LogP contribution in [-0.4, -0.2) is 58.2 Å². The quantitative estimate of drug-likeness (QED) is 0.459. The monoisotopic (exact) mass is 449 g/mol. The minimum atomic E-state index is -0.989. The highest BCUT2D eigenvalue weighted by molar-refractivity contribution is 6.30. The zero-order valence-electron chi connectivity index (χ0n) is 17.1. The summed E-state index contributed by atoms with van der Waals surface area (Å²) in [6, 6.07) is 18.3. The Bertz CT molecular complexity index is 1280. The zero-order valence-corrected chi connectivity index (χ0v) is 17.8. The number of carboxylic acids is 1. The lowest BCUT2D eigenvalue weighted by molar-refractivity contribution is 0.0304. The standard InChI is InChI=1S/C14H13ClN2O2.C10H7NO2/c15-13-9-11(10-3-1-2-4-12(10)16-13)14(18)17-5-7-19-8-6-17;12-10(13)9-8-4-2-1-3-7(8)5-6-11-9/h1-4,9H,5-8H2;1-6H,(H,12,13). The number of benzene rings is 2. The number of morpholine rings is 1. The topological polar surface area (TPSA) is 92.6 Å². The Hall–Kier alpha value is -3.55.